The predicted molar refractivity (Wildman–Crippen MR) is 113 cm³/mol. The van der Waals surface area contributed by atoms with Gasteiger partial charge in [-0.2, -0.15) is 10.2 Å². The quantitative estimate of drug-likeness (QED) is 0.581. The van der Waals surface area contributed by atoms with Gasteiger partial charge in [0, 0.05) is 12.6 Å². The van der Waals surface area contributed by atoms with Gasteiger partial charge in [-0.25, -0.2) is 4.98 Å². The summed E-state index contributed by atoms with van der Waals surface area (Å²) in [6.07, 6.45) is -0.884. The average Bonchev–Trinajstić information content (AvgIpc) is 2.71. The summed E-state index contributed by atoms with van der Waals surface area (Å²) in [6.45, 7) is 4.49. The van der Waals surface area contributed by atoms with Crippen molar-refractivity contribution in [3.8, 4) is 11.8 Å². The predicted octanol–water partition coefficient (Wildman–Crippen LogP) is 4.25. The Morgan fingerprint density at radius 2 is 1.97 bits per heavy atom. The minimum atomic E-state index is -4.71. The molecule has 1 saturated carbocycles. The fraction of sp³-hybridized carbons (Fsp3) is 0.500. The van der Waals surface area contributed by atoms with Crippen LogP contribution in [0.2, 0.25) is 0 Å². The van der Waals surface area contributed by atoms with Crippen LogP contribution in [0.3, 0.4) is 0 Å². The molecule has 3 rings (SSSR count). The van der Waals surface area contributed by atoms with Gasteiger partial charge in [0.15, 0.2) is 0 Å². The summed E-state index contributed by atoms with van der Waals surface area (Å²) >= 11 is 0. The third kappa shape index (κ3) is 6.47. The molecule has 0 unspecified atom stereocenters. The zero-order valence-corrected chi connectivity index (χ0v) is 17.9. The van der Waals surface area contributed by atoms with E-state index in [4.69, 9.17) is 0 Å². The number of alkyl halides is 3. The van der Waals surface area contributed by atoms with Gasteiger partial charge in [-0.1, -0.05) is 26.0 Å². The zero-order chi connectivity index (χ0) is 23.4. The van der Waals surface area contributed by atoms with Crippen molar-refractivity contribution in [3.63, 3.8) is 0 Å². The molecule has 1 aromatic carbocycles. The first-order valence-electron chi connectivity index (χ1n) is 10.4. The molecule has 32 heavy (non-hydrogen) atoms. The lowest BCUT2D eigenvalue weighted by Crippen LogP contribution is -2.41. The van der Waals surface area contributed by atoms with Gasteiger partial charge in [-0.05, 0) is 48.8 Å². The number of aromatic nitrogens is 2. The lowest BCUT2D eigenvalue weighted by Gasteiger charge is -2.40. The maximum absolute atomic E-state index is 12.2. The monoisotopic (exact) mass is 449 g/mol. The molecule has 172 valence electrons. The molecule has 10 heteroatoms. The second-order valence-electron chi connectivity index (χ2n) is 8.56. The fourth-order valence-corrected chi connectivity index (χ4v) is 3.77. The number of benzene rings is 1. The number of aliphatic hydroxyl groups excluding tert-OH is 1. The molecule has 2 aromatic rings. The van der Waals surface area contributed by atoms with E-state index in [1.54, 1.807) is 12.1 Å². The van der Waals surface area contributed by atoms with Gasteiger partial charge in [0.1, 0.15) is 23.2 Å². The molecule has 3 N–H and O–H groups in total. The van der Waals surface area contributed by atoms with E-state index in [2.05, 4.69) is 31.4 Å². The molecule has 0 aliphatic heterocycles. The fourth-order valence-electron chi connectivity index (χ4n) is 3.77. The van der Waals surface area contributed by atoms with E-state index in [9.17, 15) is 23.5 Å². The van der Waals surface area contributed by atoms with E-state index in [-0.39, 0.29) is 23.3 Å². The van der Waals surface area contributed by atoms with Crippen molar-refractivity contribution in [2.45, 2.75) is 58.0 Å². The lowest BCUT2D eigenvalue weighted by atomic mass is 9.73. The molecule has 1 aliphatic rings. The maximum Gasteiger partial charge on any atom is 0.573 e. The van der Waals surface area contributed by atoms with Gasteiger partial charge in [0.05, 0.1) is 12.3 Å². The van der Waals surface area contributed by atoms with Gasteiger partial charge >= 0.3 is 6.36 Å². The van der Waals surface area contributed by atoms with Crippen LogP contribution in [0.1, 0.15) is 44.2 Å². The Morgan fingerprint density at radius 3 is 2.59 bits per heavy atom. The van der Waals surface area contributed by atoms with Gasteiger partial charge in [0.25, 0.3) is 0 Å². The lowest BCUT2D eigenvalue weighted by molar-refractivity contribution is -0.274. The first kappa shape index (κ1) is 23.6. The minimum absolute atomic E-state index is 0.0840. The van der Waals surface area contributed by atoms with E-state index in [1.807, 2.05) is 13.8 Å². The average molecular weight is 449 g/mol. The number of nitrogens with one attached hydrogen (secondary N) is 2. The van der Waals surface area contributed by atoms with Crippen molar-refractivity contribution in [1.82, 2.24) is 9.97 Å². The molecule has 0 spiro atoms. The topological polar surface area (TPSA) is 103 Å². The Kier molecular flexibility index (Phi) is 7.09. The van der Waals surface area contributed by atoms with Crippen LogP contribution in [-0.4, -0.2) is 40.1 Å². The van der Waals surface area contributed by atoms with E-state index < -0.39 is 6.36 Å². The van der Waals surface area contributed by atoms with Crippen molar-refractivity contribution < 1.29 is 23.0 Å². The summed E-state index contributed by atoms with van der Waals surface area (Å²) in [5, 5.41) is 25.9. The molecule has 0 saturated heterocycles. The van der Waals surface area contributed by atoms with Crippen LogP contribution in [0.25, 0.3) is 0 Å². The molecule has 0 radical (unpaired) electrons. The van der Waals surface area contributed by atoms with Crippen LogP contribution < -0.4 is 15.4 Å². The molecule has 7 nitrogen and oxygen atoms in total. The molecular weight excluding hydrogens is 423 g/mol. The Balaban J connectivity index is 1.58. The molecule has 1 aromatic heterocycles. The normalized spacial score (nSPS) is 20.3. The molecule has 1 fully saturated rings. The number of hydrogen-bond donors (Lipinski definition) is 3. The zero-order valence-electron chi connectivity index (χ0n) is 17.9. The van der Waals surface area contributed by atoms with Gasteiger partial charge in [0.2, 0.25) is 5.95 Å². The molecule has 1 aliphatic carbocycles. The molecule has 0 amide bonds. The van der Waals surface area contributed by atoms with E-state index in [0.29, 0.717) is 36.7 Å². The summed E-state index contributed by atoms with van der Waals surface area (Å²) in [5.41, 5.74) is 0.930. The highest BCUT2D eigenvalue weighted by Gasteiger charge is 2.36. The molecule has 2 atom stereocenters. The molecule has 1 heterocycles. The Morgan fingerprint density at radius 1 is 1.25 bits per heavy atom. The van der Waals surface area contributed by atoms with Crippen LogP contribution in [0, 0.1) is 16.7 Å². The highest BCUT2D eigenvalue weighted by atomic mass is 19.4. The number of ether oxygens (including phenoxy) is 1. The number of aliphatic hydroxyl groups is 1. The maximum atomic E-state index is 12.2. The van der Waals surface area contributed by atoms with Crippen molar-refractivity contribution in [1.29, 1.82) is 5.26 Å². The number of rotatable bonds is 7. The smallest absolute Gasteiger partial charge is 0.406 e. The Labute approximate surface area is 184 Å². The highest BCUT2D eigenvalue weighted by Crippen LogP contribution is 2.37. The number of nitrogens with zero attached hydrogens (tertiary/aromatic N) is 3. The summed E-state index contributed by atoms with van der Waals surface area (Å²) in [6, 6.07) is 7.84. The van der Waals surface area contributed by atoms with E-state index >= 15 is 0 Å². The number of nitriles is 1. The third-order valence-corrected chi connectivity index (χ3v) is 5.57. The van der Waals surface area contributed by atoms with E-state index in [1.165, 1.54) is 18.3 Å². The van der Waals surface area contributed by atoms with Crippen molar-refractivity contribution >= 4 is 11.8 Å². The van der Waals surface area contributed by atoms with E-state index in [0.717, 1.165) is 18.4 Å². The largest absolute Gasteiger partial charge is 0.573 e. The van der Waals surface area contributed by atoms with Crippen LogP contribution in [0.4, 0.5) is 24.9 Å². The Bertz CT molecular complexity index is 958. The highest BCUT2D eigenvalue weighted by molar-refractivity contribution is 5.54. The molecular formula is C22H26F3N5O2. The van der Waals surface area contributed by atoms with Crippen molar-refractivity contribution in [2.75, 3.05) is 17.2 Å². The van der Waals surface area contributed by atoms with Crippen molar-refractivity contribution in [3.05, 3.63) is 41.6 Å². The second-order valence-corrected chi connectivity index (χ2v) is 8.56. The summed E-state index contributed by atoms with van der Waals surface area (Å²) in [7, 11) is 0. The number of halogens is 3. The summed E-state index contributed by atoms with van der Waals surface area (Å²) in [5.74, 6) is 0.522. The van der Waals surface area contributed by atoms with Crippen LogP contribution in [0.5, 0.6) is 5.75 Å². The number of hydrogen-bond acceptors (Lipinski definition) is 7. The van der Waals surface area contributed by atoms with Crippen LogP contribution in [-0.2, 0) is 6.42 Å². The SMILES string of the molecule is CC1(C)C[C@H](Nc2nc(NCCc3ccc(OC(F)(F)F)cc3)ncc2C#N)CC[C@@H]1O. The van der Waals surface area contributed by atoms with Gasteiger partial charge in [-0.15, -0.1) is 13.2 Å². The van der Waals surface area contributed by atoms with Gasteiger partial charge < -0.3 is 20.5 Å². The summed E-state index contributed by atoms with van der Waals surface area (Å²) < 4.78 is 40.6. The van der Waals surface area contributed by atoms with Gasteiger partial charge in [-0.3, -0.25) is 0 Å². The van der Waals surface area contributed by atoms with Crippen LogP contribution >= 0.6 is 0 Å². The molecule has 0 bridgehead atoms. The van der Waals surface area contributed by atoms with Crippen molar-refractivity contribution in [2.24, 2.45) is 5.41 Å². The Hall–Kier alpha value is -3.06. The third-order valence-electron chi connectivity index (χ3n) is 5.57. The minimum Gasteiger partial charge on any atom is -0.406 e. The second kappa shape index (κ2) is 9.61. The summed E-state index contributed by atoms with van der Waals surface area (Å²) in [4.78, 5) is 8.59. The number of anilines is 2. The first-order valence-corrected chi connectivity index (χ1v) is 10.4. The van der Waals surface area contributed by atoms with Crippen LogP contribution in [0.15, 0.2) is 30.5 Å². The first-order chi connectivity index (χ1) is 15.1. The standard InChI is InChI=1S/C22H26F3N5O2/c1-21(2)11-16(5-8-18(21)31)29-19-15(12-26)13-28-20(30-19)27-10-9-14-3-6-17(7-4-14)32-22(23,24)25/h3-4,6-7,13,16,18,31H,5,8-11H2,1-2H3,(H2,27,28,29,30)/t16-,18+/m1/s1.